The van der Waals surface area contributed by atoms with E-state index in [9.17, 15) is 9.18 Å². The summed E-state index contributed by atoms with van der Waals surface area (Å²) >= 11 is 14.1. The maximum Gasteiger partial charge on any atom is 0.251 e. The van der Waals surface area contributed by atoms with Crippen LogP contribution in [0.2, 0.25) is 10.0 Å². The van der Waals surface area contributed by atoms with Crippen LogP contribution in [0.3, 0.4) is 0 Å². The molecule has 0 bridgehead atoms. The third-order valence-corrected chi connectivity index (χ3v) is 6.73. The van der Waals surface area contributed by atoms with Crippen molar-refractivity contribution in [2.45, 2.75) is 17.5 Å². The predicted octanol–water partition coefficient (Wildman–Crippen LogP) is 5.66. The van der Waals surface area contributed by atoms with E-state index in [4.69, 9.17) is 32.7 Å². The number of hydrogen-bond acceptors (Lipinski definition) is 6. The van der Waals surface area contributed by atoms with Gasteiger partial charge in [0.1, 0.15) is 5.82 Å². The van der Waals surface area contributed by atoms with E-state index < -0.39 is 0 Å². The van der Waals surface area contributed by atoms with E-state index in [2.05, 4.69) is 15.5 Å². The minimum Gasteiger partial charge on any atom is -0.454 e. The van der Waals surface area contributed by atoms with Gasteiger partial charge in [0.05, 0.1) is 17.3 Å². The smallest absolute Gasteiger partial charge is 0.251 e. The van der Waals surface area contributed by atoms with Crippen LogP contribution < -0.4 is 14.8 Å². The Kier molecular flexibility index (Phi) is 6.81. The van der Waals surface area contributed by atoms with E-state index in [1.54, 1.807) is 53.1 Å². The highest BCUT2D eigenvalue weighted by Crippen LogP contribution is 2.33. The molecule has 0 saturated heterocycles. The Hall–Kier alpha value is -3.27. The first-order valence-electron chi connectivity index (χ1n) is 10.4. The first kappa shape index (κ1) is 23.5. The van der Waals surface area contributed by atoms with E-state index in [-0.39, 0.29) is 25.1 Å². The number of hydrogen-bond donors (Lipinski definition) is 1. The fourth-order valence-corrected chi connectivity index (χ4v) is 4.72. The van der Waals surface area contributed by atoms with Crippen molar-refractivity contribution < 1.29 is 18.7 Å². The number of benzene rings is 3. The molecule has 5 rings (SSSR count). The van der Waals surface area contributed by atoms with Crippen molar-refractivity contribution >= 4 is 40.9 Å². The van der Waals surface area contributed by atoms with Gasteiger partial charge in [0, 0.05) is 16.3 Å². The summed E-state index contributed by atoms with van der Waals surface area (Å²) in [5.74, 6) is 1.50. The van der Waals surface area contributed by atoms with E-state index in [0.29, 0.717) is 49.5 Å². The van der Waals surface area contributed by atoms with E-state index in [1.807, 2.05) is 0 Å². The fraction of sp³-hybridized carbons (Fsp3) is 0.125. The molecule has 0 spiro atoms. The number of carbonyl (C=O) groups excluding carboxylic acids is 1. The van der Waals surface area contributed by atoms with Gasteiger partial charge in [0.25, 0.3) is 5.91 Å². The molecule has 0 atom stereocenters. The van der Waals surface area contributed by atoms with E-state index >= 15 is 0 Å². The Bertz CT molecular complexity index is 1400. The van der Waals surface area contributed by atoms with Crippen LogP contribution in [0.4, 0.5) is 4.39 Å². The van der Waals surface area contributed by atoms with Crippen LogP contribution in [0.25, 0.3) is 5.69 Å². The maximum atomic E-state index is 13.3. The van der Waals surface area contributed by atoms with Gasteiger partial charge in [-0.25, -0.2) is 4.39 Å². The molecule has 3 aromatic carbocycles. The Morgan fingerprint density at radius 3 is 2.66 bits per heavy atom. The molecular formula is C24H17Cl2FN4O3S. The molecule has 0 radical (unpaired) electrons. The van der Waals surface area contributed by atoms with Crippen LogP contribution in [0.15, 0.2) is 65.8 Å². The second-order valence-corrected chi connectivity index (χ2v) is 9.28. The van der Waals surface area contributed by atoms with Crippen LogP contribution in [0, 0.1) is 5.82 Å². The number of nitrogens with zero attached hydrogens (tertiary/aromatic N) is 3. The second-order valence-electron chi connectivity index (χ2n) is 7.50. The number of nitrogens with one attached hydrogen (secondary N) is 1. The molecule has 35 heavy (non-hydrogen) atoms. The summed E-state index contributed by atoms with van der Waals surface area (Å²) in [4.78, 5) is 12.8. The van der Waals surface area contributed by atoms with Gasteiger partial charge in [-0.2, -0.15) is 0 Å². The minimum absolute atomic E-state index is 0.0836. The number of carbonyl (C=O) groups is 1. The zero-order valence-electron chi connectivity index (χ0n) is 18.0. The lowest BCUT2D eigenvalue weighted by Crippen LogP contribution is -2.24. The van der Waals surface area contributed by atoms with E-state index in [0.717, 1.165) is 5.56 Å². The molecule has 1 amide bonds. The summed E-state index contributed by atoms with van der Waals surface area (Å²) in [5.41, 5.74) is 1.92. The third kappa shape index (κ3) is 5.22. The molecule has 11 heteroatoms. The van der Waals surface area contributed by atoms with Gasteiger partial charge >= 0.3 is 0 Å². The summed E-state index contributed by atoms with van der Waals surface area (Å²) in [6.45, 7) is 0.211. The molecule has 0 fully saturated rings. The van der Waals surface area contributed by atoms with Crippen molar-refractivity contribution in [2.75, 3.05) is 6.79 Å². The third-order valence-electron chi connectivity index (χ3n) is 5.17. The van der Waals surface area contributed by atoms with Gasteiger partial charge in [-0.3, -0.25) is 9.36 Å². The lowest BCUT2D eigenvalue weighted by Gasteiger charge is -2.13. The van der Waals surface area contributed by atoms with Crippen molar-refractivity contribution in [3.8, 4) is 17.2 Å². The van der Waals surface area contributed by atoms with Crippen molar-refractivity contribution in [1.29, 1.82) is 0 Å². The number of aromatic nitrogens is 3. The largest absolute Gasteiger partial charge is 0.454 e. The second kappa shape index (κ2) is 10.2. The van der Waals surface area contributed by atoms with Crippen LogP contribution in [0.5, 0.6) is 11.5 Å². The monoisotopic (exact) mass is 530 g/mol. The number of ether oxygens (including phenoxy) is 2. The first-order valence-corrected chi connectivity index (χ1v) is 12.2. The molecule has 7 nitrogen and oxygen atoms in total. The van der Waals surface area contributed by atoms with Crippen LogP contribution in [-0.2, 0) is 12.3 Å². The fourth-order valence-electron chi connectivity index (χ4n) is 3.44. The lowest BCUT2D eigenvalue weighted by atomic mass is 10.2. The highest BCUT2D eigenvalue weighted by molar-refractivity contribution is 7.98. The van der Waals surface area contributed by atoms with Crippen LogP contribution in [0.1, 0.15) is 21.7 Å². The predicted molar refractivity (Wildman–Crippen MR) is 131 cm³/mol. The number of amides is 1. The van der Waals surface area contributed by atoms with Gasteiger partial charge in [0.2, 0.25) is 6.79 Å². The summed E-state index contributed by atoms with van der Waals surface area (Å²) in [7, 11) is 0. The zero-order valence-corrected chi connectivity index (χ0v) is 20.3. The normalized spacial score (nSPS) is 12.1. The highest BCUT2D eigenvalue weighted by atomic mass is 35.5. The standard InChI is InChI=1S/C24H17Cl2FN4O3S/c25-16-4-7-18(26)19(10-16)31-22(29-30-24(31)35-12-14-1-5-17(27)6-2-14)11-28-23(32)15-3-8-20-21(9-15)34-13-33-20/h1-10H,11-13H2,(H,28,32). The molecule has 1 aliphatic rings. The summed E-state index contributed by atoms with van der Waals surface area (Å²) in [6, 6.07) is 16.3. The van der Waals surface area contributed by atoms with Crippen molar-refractivity contribution in [1.82, 2.24) is 20.1 Å². The summed E-state index contributed by atoms with van der Waals surface area (Å²) in [6.07, 6.45) is 0. The summed E-state index contributed by atoms with van der Waals surface area (Å²) in [5, 5.41) is 12.9. The SMILES string of the molecule is O=C(NCc1nnc(SCc2ccc(F)cc2)n1-c1cc(Cl)ccc1Cl)c1ccc2c(c1)OCO2. The van der Waals surface area contributed by atoms with Crippen molar-refractivity contribution in [2.24, 2.45) is 0 Å². The van der Waals surface area contributed by atoms with Gasteiger partial charge in [-0.15, -0.1) is 10.2 Å². The highest BCUT2D eigenvalue weighted by Gasteiger charge is 2.20. The Morgan fingerprint density at radius 2 is 1.83 bits per heavy atom. The molecule has 178 valence electrons. The van der Waals surface area contributed by atoms with Gasteiger partial charge in [0.15, 0.2) is 22.5 Å². The molecule has 1 aromatic heterocycles. The summed E-state index contributed by atoms with van der Waals surface area (Å²) < 4.78 is 25.6. The Morgan fingerprint density at radius 1 is 1.03 bits per heavy atom. The number of thioether (sulfide) groups is 1. The van der Waals surface area contributed by atoms with Gasteiger partial charge < -0.3 is 14.8 Å². The molecule has 1 N–H and O–H groups in total. The van der Waals surface area contributed by atoms with Gasteiger partial charge in [-0.1, -0.05) is 47.1 Å². The molecule has 0 unspecified atom stereocenters. The average Bonchev–Trinajstić information content (AvgIpc) is 3.50. The molecular weight excluding hydrogens is 514 g/mol. The van der Waals surface area contributed by atoms with Gasteiger partial charge in [-0.05, 0) is 54.1 Å². The Labute approximate surface area is 214 Å². The first-order chi connectivity index (χ1) is 17.0. The molecule has 1 aliphatic heterocycles. The van der Waals surface area contributed by atoms with Crippen molar-refractivity contribution in [3.63, 3.8) is 0 Å². The minimum atomic E-state index is -0.310. The zero-order chi connectivity index (χ0) is 24.4. The maximum absolute atomic E-state index is 13.3. The molecule has 0 saturated carbocycles. The quantitative estimate of drug-likeness (QED) is 0.310. The van der Waals surface area contributed by atoms with E-state index in [1.165, 1.54) is 23.9 Å². The van der Waals surface area contributed by atoms with Crippen molar-refractivity contribution in [3.05, 3.63) is 93.5 Å². The van der Waals surface area contributed by atoms with Crippen LogP contribution >= 0.6 is 35.0 Å². The molecule has 4 aromatic rings. The lowest BCUT2D eigenvalue weighted by molar-refractivity contribution is 0.0949. The number of rotatable bonds is 7. The number of halogens is 3. The Balaban J connectivity index is 1.40. The average molecular weight is 531 g/mol. The number of fused-ring (bicyclic) bond motifs is 1. The molecule has 0 aliphatic carbocycles. The topological polar surface area (TPSA) is 78.3 Å². The van der Waals surface area contributed by atoms with Crippen LogP contribution in [-0.4, -0.2) is 27.5 Å². The molecule has 2 heterocycles.